The summed E-state index contributed by atoms with van der Waals surface area (Å²) in [5, 5.41) is 6.08. The Balaban J connectivity index is 0.00000264. The van der Waals surface area contributed by atoms with Crippen molar-refractivity contribution in [1.82, 2.24) is 15.5 Å². The number of rotatable bonds is 5. The summed E-state index contributed by atoms with van der Waals surface area (Å²) in [6.45, 7) is 4.75. The smallest absolute Gasteiger partial charge is 0.241 e. The van der Waals surface area contributed by atoms with Crippen LogP contribution in [0, 0.1) is 5.82 Å². The van der Waals surface area contributed by atoms with Crippen LogP contribution in [-0.2, 0) is 11.3 Å². The predicted octanol–water partition coefficient (Wildman–Crippen LogP) is 2.12. The van der Waals surface area contributed by atoms with E-state index >= 15 is 0 Å². The highest BCUT2D eigenvalue weighted by molar-refractivity contribution is 14.0. The van der Waals surface area contributed by atoms with E-state index in [-0.39, 0.29) is 48.8 Å². The first-order chi connectivity index (χ1) is 10.7. The molecule has 5 nitrogen and oxygen atoms in total. The molecule has 7 heteroatoms. The number of carbonyl (C=O) groups excluding carboxylic acids is 1. The topological polar surface area (TPSA) is 56.7 Å². The highest BCUT2D eigenvalue weighted by Gasteiger charge is 2.17. The lowest BCUT2D eigenvalue weighted by atomic mass is 10.2. The Morgan fingerprint density at radius 2 is 1.96 bits per heavy atom. The molecule has 0 spiro atoms. The standard InChI is InChI=1S/C16H23FN4O.HI/c1-2-18-16(19-11-13-7-3-4-8-14(13)17)20-12-15(22)21-9-5-6-10-21;/h3-4,7-8H,2,5-6,9-12H2,1H3,(H2,18,19,20);1H. The van der Waals surface area contributed by atoms with Crippen LogP contribution in [0.2, 0.25) is 0 Å². The molecule has 0 aromatic heterocycles. The summed E-state index contributed by atoms with van der Waals surface area (Å²) in [7, 11) is 0. The van der Waals surface area contributed by atoms with Crippen molar-refractivity contribution in [3.05, 3.63) is 35.6 Å². The molecule has 1 aliphatic rings. The molecule has 1 fully saturated rings. The van der Waals surface area contributed by atoms with Gasteiger partial charge in [0.25, 0.3) is 0 Å². The number of guanidine groups is 1. The maximum atomic E-state index is 13.6. The molecule has 0 radical (unpaired) electrons. The fourth-order valence-corrected chi connectivity index (χ4v) is 2.37. The van der Waals surface area contributed by atoms with Crippen LogP contribution < -0.4 is 10.6 Å². The summed E-state index contributed by atoms with van der Waals surface area (Å²) < 4.78 is 13.6. The zero-order chi connectivity index (χ0) is 15.8. The van der Waals surface area contributed by atoms with Gasteiger partial charge in [-0.05, 0) is 25.8 Å². The van der Waals surface area contributed by atoms with Gasteiger partial charge in [0.2, 0.25) is 5.91 Å². The third-order valence-corrected chi connectivity index (χ3v) is 3.58. The summed E-state index contributed by atoms with van der Waals surface area (Å²) >= 11 is 0. The minimum Gasteiger partial charge on any atom is -0.357 e. The van der Waals surface area contributed by atoms with Crippen molar-refractivity contribution in [1.29, 1.82) is 0 Å². The third-order valence-electron chi connectivity index (χ3n) is 3.58. The summed E-state index contributed by atoms with van der Waals surface area (Å²) in [5.74, 6) is 0.336. The monoisotopic (exact) mass is 434 g/mol. The van der Waals surface area contributed by atoms with Gasteiger partial charge < -0.3 is 15.5 Å². The molecule has 23 heavy (non-hydrogen) atoms. The lowest BCUT2D eigenvalue weighted by Crippen LogP contribution is -2.44. The summed E-state index contributed by atoms with van der Waals surface area (Å²) in [6, 6.07) is 6.56. The molecule has 0 unspecified atom stereocenters. The molecular weight excluding hydrogens is 410 g/mol. The van der Waals surface area contributed by atoms with Crippen molar-refractivity contribution in [3.63, 3.8) is 0 Å². The van der Waals surface area contributed by atoms with Gasteiger partial charge in [0.1, 0.15) is 5.82 Å². The number of halogens is 2. The minimum atomic E-state index is -0.268. The zero-order valence-corrected chi connectivity index (χ0v) is 15.7. The summed E-state index contributed by atoms with van der Waals surface area (Å²) in [4.78, 5) is 18.2. The van der Waals surface area contributed by atoms with Gasteiger partial charge in [0.05, 0.1) is 13.1 Å². The molecule has 0 saturated carbocycles. The molecule has 0 aliphatic carbocycles. The van der Waals surface area contributed by atoms with E-state index in [0.717, 1.165) is 25.9 Å². The van der Waals surface area contributed by atoms with Crippen molar-refractivity contribution < 1.29 is 9.18 Å². The Bertz CT molecular complexity index is 533. The zero-order valence-electron chi connectivity index (χ0n) is 13.3. The second-order valence-corrected chi connectivity index (χ2v) is 5.23. The molecule has 1 heterocycles. The van der Waals surface area contributed by atoms with E-state index in [1.165, 1.54) is 6.07 Å². The molecule has 1 aromatic carbocycles. The number of nitrogens with one attached hydrogen (secondary N) is 2. The normalized spacial score (nSPS) is 14.3. The van der Waals surface area contributed by atoms with Crippen LogP contribution in [0.15, 0.2) is 29.3 Å². The Kier molecular flexibility index (Phi) is 8.90. The Labute approximate surface area is 153 Å². The van der Waals surface area contributed by atoms with Crippen molar-refractivity contribution in [2.45, 2.75) is 26.3 Å². The Morgan fingerprint density at radius 1 is 1.26 bits per heavy atom. The van der Waals surface area contributed by atoms with E-state index < -0.39 is 0 Å². The van der Waals surface area contributed by atoms with Crippen molar-refractivity contribution >= 4 is 35.8 Å². The van der Waals surface area contributed by atoms with Gasteiger partial charge in [-0.15, -0.1) is 24.0 Å². The maximum Gasteiger partial charge on any atom is 0.241 e. The van der Waals surface area contributed by atoms with E-state index in [2.05, 4.69) is 15.6 Å². The average Bonchev–Trinajstić information content (AvgIpc) is 3.05. The van der Waals surface area contributed by atoms with Crippen LogP contribution in [0.25, 0.3) is 0 Å². The number of nitrogens with zero attached hydrogens (tertiary/aromatic N) is 2. The number of hydrogen-bond acceptors (Lipinski definition) is 2. The fraction of sp³-hybridized carbons (Fsp3) is 0.500. The van der Waals surface area contributed by atoms with E-state index in [4.69, 9.17) is 0 Å². The Hall–Kier alpha value is -1.38. The summed E-state index contributed by atoms with van der Waals surface area (Å²) in [5.41, 5.74) is 0.533. The van der Waals surface area contributed by atoms with E-state index in [1.807, 2.05) is 11.8 Å². The van der Waals surface area contributed by atoms with Crippen molar-refractivity contribution in [2.24, 2.45) is 4.99 Å². The molecule has 1 aromatic rings. The lowest BCUT2D eigenvalue weighted by Gasteiger charge is -2.17. The van der Waals surface area contributed by atoms with Gasteiger partial charge in [-0.2, -0.15) is 0 Å². The number of aliphatic imine (C=N–C) groups is 1. The predicted molar refractivity (Wildman–Crippen MR) is 100 cm³/mol. The summed E-state index contributed by atoms with van der Waals surface area (Å²) in [6.07, 6.45) is 2.15. The van der Waals surface area contributed by atoms with Crippen LogP contribution >= 0.6 is 24.0 Å². The number of likely N-dealkylation sites (tertiary alicyclic amines) is 1. The second kappa shape index (κ2) is 10.4. The van der Waals surface area contributed by atoms with E-state index in [0.29, 0.717) is 18.1 Å². The first-order valence-electron chi connectivity index (χ1n) is 7.74. The molecular formula is C16H24FIN4O. The van der Waals surface area contributed by atoms with Gasteiger partial charge in [0.15, 0.2) is 5.96 Å². The third kappa shape index (κ3) is 6.32. The molecule has 2 N–H and O–H groups in total. The number of hydrogen-bond donors (Lipinski definition) is 2. The maximum absolute atomic E-state index is 13.6. The molecule has 2 rings (SSSR count). The van der Waals surface area contributed by atoms with Crippen molar-refractivity contribution in [3.8, 4) is 0 Å². The molecule has 1 saturated heterocycles. The number of amides is 1. The van der Waals surface area contributed by atoms with E-state index in [1.54, 1.807) is 18.2 Å². The van der Waals surface area contributed by atoms with Gasteiger partial charge in [-0.1, -0.05) is 18.2 Å². The SMILES string of the molecule is CCNC(=NCc1ccccc1F)NCC(=O)N1CCCC1.I. The number of benzene rings is 1. The molecule has 1 amide bonds. The second-order valence-electron chi connectivity index (χ2n) is 5.23. The van der Waals surface area contributed by atoms with Crippen LogP contribution in [-0.4, -0.2) is 42.9 Å². The van der Waals surface area contributed by atoms with Crippen molar-refractivity contribution in [2.75, 3.05) is 26.2 Å². The molecule has 128 valence electrons. The van der Waals surface area contributed by atoms with E-state index in [9.17, 15) is 9.18 Å². The quantitative estimate of drug-likeness (QED) is 0.424. The highest BCUT2D eigenvalue weighted by atomic mass is 127. The Morgan fingerprint density at radius 3 is 2.61 bits per heavy atom. The minimum absolute atomic E-state index is 0. The van der Waals surface area contributed by atoms with Crippen LogP contribution in [0.5, 0.6) is 0 Å². The van der Waals surface area contributed by atoms with Crippen LogP contribution in [0.4, 0.5) is 4.39 Å². The van der Waals surface area contributed by atoms with Gasteiger partial charge in [-0.3, -0.25) is 4.79 Å². The first-order valence-corrected chi connectivity index (χ1v) is 7.74. The number of carbonyl (C=O) groups is 1. The van der Waals surface area contributed by atoms with Gasteiger partial charge >= 0.3 is 0 Å². The largest absolute Gasteiger partial charge is 0.357 e. The average molecular weight is 434 g/mol. The van der Waals surface area contributed by atoms with Gasteiger partial charge in [0, 0.05) is 25.2 Å². The molecule has 0 atom stereocenters. The highest BCUT2D eigenvalue weighted by Crippen LogP contribution is 2.08. The van der Waals surface area contributed by atoms with Crippen LogP contribution in [0.3, 0.4) is 0 Å². The molecule has 0 bridgehead atoms. The molecule has 1 aliphatic heterocycles. The first kappa shape index (κ1) is 19.7. The van der Waals surface area contributed by atoms with Gasteiger partial charge in [-0.25, -0.2) is 9.38 Å². The fourth-order valence-electron chi connectivity index (χ4n) is 2.37. The van der Waals surface area contributed by atoms with Crippen LogP contribution in [0.1, 0.15) is 25.3 Å². The lowest BCUT2D eigenvalue weighted by molar-refractivity contribution is -0.128.